The molecule has 5 nitrogen and oxygen atoms in total. The van der Waals surface area contributed by atoms with Gasteiger partial charge in [0, 0.05) is 9.85 Å². The molecule has 0 aliphatic rings. The van der Waals surface area contributed by atoms with Crippen LogP contribution in [-0.2, 0) is 0 Å². The minimum absolute atomic E-state index is 0.264. The van der Waals surface area contributed by atoms with Gasteiger partial charge in [0.1, 0.15) is 0 Å². The fourth-order valence-electron chi connectivity index (χ4n) is 1.57. The number of carbonyl (C=O) groups is 1. The van der Waals surface area contributed by atoms with Crippen LogP contribution in [0.15, 0.2) is 34.1 Å². The summed E-state index contributed by atoms with van der Waals surface area (Å²) in [6.45, 7) is 1.74. The second kappa shape index (κ2) is 6.23. The third-order valence-electron chi connectivity index (χ3n) is 2.64. The Morgan fingerprint density at radius 1 is 1.42 bits per heavy atom. The molecule has 0 aliphatic carbocycles. The zero-order chi connectivity index (χ0) is 13.8. The molecular formula is C12H12BrN3O2S. The molecule has 0 saturated heterocycles. The number of hydrogen-bond acceptors (Lipinski definition) is 5. The van der Waals surface area contributed by atoms with E-state index in [1.165, 1.54) is 0 Å². The normalized spacial score (nSPS) is 13.8. The van der Waals surface area contributed by atoms with Crippen LogP contribution in [0.1, 0.15) is 29.1 Å². The summed E-state index contributed by atoms with van der Waals surface area (Å²) in [6.07, 6.45) is -0.774. The van der Waals surface area contributed by atoms with Crippen molar-refractivity contribution >= 4 is 33.4 Å². The molecule has 19 heavy (non-hydrogen) atoms. The highest BCUT2D eigenvalue weighted by Crippen LogP contribution is 2.19. The van der Waals surface area contributed by atoms with Crippen molar-refractivity contribution in [2.24, 2.45) is 0 Å². The molecule has 1 heterocycles. The molecule has 0 saturated carbocycles. The number of nitrogens with zero attached hydrogens (tertiary/aromatic N) is 2. The van der Waals surface area contributed by atoms with Crippen molar-refractivity contribution in [2.45, 2.75) is 19.1 Å². The van der Waals surface area contributed by atoms with E-state index in [-0.39, 0.29) is 11.6 Å². The van der Waals surface area contributed by atoms with Crippen molar-refractivity contribution in [2.75, 3.05) is 0 Å². The van der Waals surface area contributed by atoms with Crippen LogP contribution in [0.4, 0.5) is 0 Å². The summed E-state index contributed by atoms with van der Waals surface area (Å²) in [5.74, 6) is -0.336. The Morgan fingerprint density at radius 2 is 2.11 bits per heavy atom. The van der Waals surface area contributed by atoms with Crippen LogP contribution in [-0.4, -0.2) is 26.6 Å². The second-order valence-electron chi connectivity index (χ2n) is 4.05. The predicted octanol–water partition coefficient (Wildman–Crippen LogP) is 2.15. The molecule has 0 unspecified atom stereocenters. The van der Waals surface area contributed by atoms with Gasteiger partial charge in [0.25, 0.3) is 5.91 Å². The number of amides is 1. The van der Waals surface area contributed by atoms with E-state index < -0.39 is 12.1 Å². The Balaban J connectivity index is 2.01. The van der Waals surface area contributed by atoms with Gasteiger partial charge in [-0.25, -0.2) is 0 Å². The van der Waals surface area contributed by atoms with Crippen LogP contribution in [0.5, 0.6) is 0 Å². The molecule has 0 bridgehead atoms. The van der Waals surface area contributed by atoms with E-state index >= 15 is 0 Å². The van der Waals surface area contributed by atoms with Crippen LogP contribution >= 0.6 is 27.5 Å². The second-order valence-corrected chi connectivity index (χ2v) is 5.57. The smallest absolute Gasteiger partial charge is 0.273 e. The van der Waals surface area contributed by atoms with E-state index in [1.807, 2.05) is 24.3 Å². The Labute approximate surface area is 123 Å². The Bertz CT molecular complexity index is 545. The highest BCUT2D eigenvalue weighted by Gasteiger charge is 2.20. The summed E-state index contributed by atoms with van der Waals surface area (Å²) in [5, 5.41) is 18.1. The van der Waals surface area contributed by atoms with E-state index in [9.17, 15) is 9.90 Å². The summed E-state index contributed by atoms with van der Waals surface area (Å²) >= 11 is 4.44. The third-order valence-corrected chi connectivity index (χ3v) is 3.67. The van der Waals surface area contributed by atoms with Crippen molar-refractivity contribution in [1.29, 1.82) is 0 Å². The summed E-state index contributed by atoms with van der Waals surface area (Å²) in [4.78, 5) is 11.8. The van der Waals surface area contributed by atoms with Crippen LogP contribution in [0.2, 0.25) is 0 Å². The van der Waals surface area contributed by atoms with Crippen molar-refractivity contribution in [1.82, 2.24) is 14.9 Å². The molecule has 2 aromatic rings. The van der Waals surface area contributed by atoms with Crippen molar-refractivity contribution in [3.05, 3.63) is 45.4 Å². The average Bonchev–Trinajstić information content (AvgIpc) is 2.92. The molecule has 2 atom stereocenters. The quantitative estimate of drug-likeness (QED) is 0.893. The van der Waals surface area contributed by atoms with Gasteiger partial charge in [-0.2, -0.15) is 0 Å². The number of rotatable bonds is 4. The molecule has 1 amide bonds. The highest BCUT2D eigenvalue weighted by atomic mass is 79.9. The van der Waals surface area contributed by atoms with Crippen LogP contribution in [0.25, 0.3) is 0 Å². The van der Waals surface area contributed by atoms with Gasteiger partial charge in [0.2, 0.25) is 0 Å². The first kappa shape index (κ1) is 14.1. The number of aromatic nitrogens is 2. The molecule has 0 aliphatic heterocycles. The maximum absolute atomic E-state index is 11.8. The van der Waals surface area contributed by atoms with Crippen LogP contribution in [0, 0.1) is 0 Å². The number of hydrogen-bond donors (Lipinski definition) is 2. The molecule has 0 spiro atoms. The predicted molar refractivity (Wildman–Crippen MR) is 75.9 cm³/mol. The standard InChI is InChI=1S/C12H12BrN3O2S/c1-7(14-12(18)10-6-19-16-15-10)11(17)8-2-4-9(13)5-3-8/h2-7,11,17H,1H3,(H,14,18)/t7-,11-/m0/s1. The van der Waals surface area contributed by atoms with Crippen LogP contribution < -0.4 is 5.32 Å². The lowest BCUT2D eigenvalue weighted by Crippen LogP contribution is -2.37. The highest BCUT2D eigenvalue weighted by molar-refractivity contribution is 9.10. The number of carbonyl (C=O) groups excluding carboxylic acids is 1. The average molecular weight is 342 g/mol. The first-order chi connectivity index (χ1) is 9.08. The molecule has 0 fully saturated rings. The Kier molecular flexibility index (Phi) is 4.62. The minimum atomic E-state index is -0.774. The number of nitrogens with one attached hydrogen (secondary N) is 1. The number of aliphatic hydroxyl groups excluding tert-OH is 1. The molecular weight excluding hydrogens is 330 g/mol. The lowest BCUT2D eigenvalue weighted by molar-refractivity contribution is 0.0847. The number of benzene rings is 1. The largest absolute Gasteiger partial charge is 0.386 e. The van der Waals surface area contributed by atoms with Gasteiger partial charge in [-0.05, 0) is 36.2 Å². The number of halogens is 1. The fraction of sp³-hybridized carbons (Fsp3) is 0.250. The first-order valence-electron chi connectivity index (χ1n) is 5.59. The molecule has 0 radical (unpaired) electrons. The summed E-state index contributed by atoms with van der Waals surface area (Å²) < 4.78 is 4.56. The maximum Gasteiger partial charge on any atom is 0.273 e. The van der Waals surface area contributed by atoms with E-state index in [0.717, 1.165) is 21.6 Å². The van der Waals surface area contributed by atoms with Gasteiger partial charge in [0.05, 0.1) is 12.1 Å². The SMILES string of the molecule is C[C@H](NC(=O)c1csnn1)[C@H](O)c1ccc(Br)cc1. The van der Waals surface area contributed by atoms with Crippen LogP contribution in [0.3, 0.4) is 0 Å². The topological polar surface area (TPSA) is 75.1 Å². The van der Waals surface area contributed by atoms with Gasteiger partial charge in [-0.15, -0.1) is 5.10 Å². The minimum Gasteiger partial charge on any atom is -0.386 e. The van der Waals surface area contributed by atoms with Crippen molar-refractivity contribution in [3.63, 3.8) is 0 Å². The molecule has 100 valence electrons. The zero-order valence-electron chi connectivity index (χ0n) is 10.1. The van der Waals surface area contributed by atoms with E-state index in [4.69, 9.17) is 0 Å². The Morgan fingerprint density at radius 3 is 2.68 bits per heavy atom. The van der Waals surface area contributed by atoms with Gasteiger partial charge in [-0.1, -0.05) is 32.6 Å². The summed E-state index contributed by atoms with van der Waals surface area (Å²) in [7, 11) is 0. The van der Waals surface area contributed by atoms with Gasteiger partial charge in [0.15, 0.2) is 5.69 Å². The van der Waals surface area contributed by atoms with Gasteiger partial charge >= 0.3 is 0 Å². The van der Waals surface area contributed by atoms with E-state index in [2.05, 4.69) is 30.8 Å². The lowest BCUT2D eigenvalue weighted by Gasteiger charge is -2.20. The lowest BCUT2D eigenvalue weighted by atomic mass is 10.0. The molecule has 1 aromatic carbocycles. The summed E-state index contributed by atoms with van der Waals surface area (Å²) in [5.41, 5.74) is 1.01. The number of aliphatic hydroxyl groups is 1. The molecule has 1 aromatic heterocycles. The first-order valence-corrected chi connectivity index (χ1v) is 7.22. The molecule has 2 rings (SSSR count). The van der Waals surface area contributed by atoms with Crippen molar-refractivity contribution in [3.8, 4) is 0 Å². The zero-order valence-corrected chi connectivity index (χ0v) is 12.5. The van der Waals surface area contributed by atoms with Crippen molar-refractivity contribution < 1.29 is 9.90 Å². The van der Waals surface area contributed by atoms with Gasteiger partial charge < -0.3 is 10.4 Å². The Hall–Kier alpha value is -1.31. The third kappa shape index (κ3) is 3.59. The van der Waals surface area contributed by atoms with E-state index in [0.29, 0.717) is 0 Å². The molecule has 7 heteroatoms. The molecule has 2 N–H and O–H groups in total. The fourth-order valence-corrected chi connectivity index (χ4v) is 2.27. The maximum atomic E-state index is 11.8. The summed E-state index contributed by atoms with van der Waals surface area (Å²) in [6, 6.07) is 6.88. The van der Waals surface area contributed by atoms with Gasteiger partial charge in [-0.3, -0.25) is 4.79 Å². The monoisotopic (exact) mass is 341 g/mol. The van der Waals surface area contributed by atoms with E-state index in [1.54, 1.807) is 12.3 Å².